The van der Waals surface area contributed by atoms with Crippen LogP contribution in [0.2, 0.25) is 0 Å². The van der Waals surface area contributed by atoms with Gasteiger partial charge in [-0.3, -0.25) is 0 Å². The molecule has 0 saturated carbocycles. The Morgan fingerprint density at radius 1 is 0.720 bits per heavy atom. The molecular weight excluding hydrogens is 302 g/mol. The summed E-state index contributed by atoms with van der Waals surface area (Å²) in [5.41, 5.74) is 4.15. The predicted molar refractivity (Wildman–Crippen MR) is 108 cm³/mol. The van der Waals surface area contributed by atoms with Gasteiger partial charge in [0.2, 0.25) is 0 Å². The van der Waals surface area contributed by atoms with Gasteiger partial charge in [-0.25, -0.2) is 0 Å². The maximum Gasteiger partial charge on any atom is 0.0493 e. The van der Waals surface area contributed by atoms with Crippen LogP contribution in [0.1, 0.15) is 44.2 Å². The Bertz CT molecular complexity index is 928. The minimum atomic E-state index is 0.500. The summed E-state index contributed by atoms with van der Waals surface area (Å²) in [5.74, 6) is 0.547. The van der Waals surface area contributed by atoms with Crippen molar-refractivity contribution >= 4 is 21.8 Å². The number of benzene rings is 3. The van der Waals surface area contributed by atoms with Crippen LogP contribution in [-0.2, 0) is 0 Å². The van der Waals surface area contributed by atoms with Gasteiger partial charge in [0.15, 0.2) is 0 Å². The maximum atomic E-state index is 2.57. The third kappa shape index (κ3) is 2.84. The number of nitrogens with zero attached hydrogens (tertiary/aromatic N) is 1. The van der Waals surface area contributed by atoms with Crippen LogP contribution >= 0.6 is 0 Å². The second-order valence-electron chi connectivity index (χ2n) is 7.01. The van der Waals surface area contributed by atoms with E-state index in [0.717, 1.165) is 12.8 Å². The molecular formula is C24H25N. The monoisotopic (exact) mass is 327 g/mol. The summed E-state index contributed by atoms with van der Waals surface area (Å²) in [6, 6.07) is 29.0. The van der Waals surface area contributed by atoms with E-state index in [4.69, 9.17) is 0 Å². The SMILES string of the molecule is CCC(CC(C)c1ccccc1)n1c2ccccc2c2ccccc21. The molecule has 126 valence electrons. The van der Waals surface area contributed by atoms with E-state index in [0.29, 0.717) is 12.0 Å². The van der Waals surface area contributed by atoms with Crippen LogP contribution in [0.15, 0.2) is 78.9 Å². The number of fused-ring (bicyclic) bond motifs is 3. The maximum absolute atomic E-state index is 2.57. The van der Waals surface area contributed by atoms with Gasteiger partial charge in [-0.1, -0.05) is 80.6 Å². The third-order valence-electron chi connectivity index (χ3n) is 5.45. The van der Waals surface area contributed by atoms with Crippen LogP contribution in [0.3, 0.4) is 0 Å². The quantitative estimate of drug-likeness (QED) is 0.374. The Kier molecular flexibility index (Phi) is 4.31. The molecule has 3 aromatic carbocycles. The summed E-state index contributed by atoms with van der Waals surface area (Å²) >= 11 is 0. The highest BCUT2D eigenvalue weighted by molar-refractivity contribution is 6.08. The van der Waals surface area contributed by atoms with Crippen LogP contribution < -0.4 is 0 Å². The number of hydrogen-bond acceptors (Lipinski definition) is 0. The minimum absolute atomic E-state index is 0.500. The predicted octanol–water partition coefficient (Wildman–Crippen LogP) is 6.94. The van der Waals surface area contributed by atoms with E-state index in [-0.39, 0.29) is 0 Å². The Morgan fingerprint density at radius 2 is 1.24 bits per heavy atom. The molecule has 0 radical (unpaired) electrons. The fraction of sp³-hybridized carbons (Fsp3) is 0.250. The highest BCUT2D eigenvalue weighted by Crippen LogP contribution is 2.36. The van der Waals surface area contributed by atoms with Crippen molar-refractivity contribution in [2.45, 2.75) is 38.6 Å². The number of aromatic nitrogens is 1. The number of para-hydroxylation sites is 2. The normalized spacial score (nSPS) is 14.0. The zero-order valence-corrected chi connectivity index (χ0v) is 15.0. The first kappa shape index (κ1) is 16.0. The highest BCUT2D eigenvalue weighted by atomic mass is 15.0. The molecule has 0 spiro atoms. The Balaban J connectivity index is 1.80. The van der Waals surface area contributed by atoms with Crippen molar-refractivity contribution in [2.24, 2.45) is 0 Å². The largest absolute Gasteiger partial charge is 0.337 e. The minimum Gasteiger partial charge on any atom is -0.337 e. The Morgan fingerprint density at radius 3 is 1.80 bits per heavy atom. The zero-order valence-electron chi connectivity index (χ0n) is 15.0. The molecule has 1 heteroatoms. The molecule has 0 fully saturated rings. The molecule has 4 aromatic rings. The van der Waals surface area contributed by atoms with Crippen molar-refractivity contribution in [2.75, 3.05) is 0 Å². The van der Waals surface area contributed by atoms with Crippen molar-refractivity contribution in [3.05, 3.63) is 84.4 Å². The second-order valence-corrected chi connectivity index (χ2v) is 7.01. The summed E-state index contributed by atoms with van der Waals surface area (Å²) in [7, 11) is 0. The molecule has 2 unspecified atom stereocenters. The summed E-state index contributed by atoms with van der Waals surface area (Å²) in [6.45, 7) is 4.66. The van der Waals surface area contributed by atoms with Gasteiger partial charge >= 0.3 is 0 Å². The molecule has 1 heterocycles. The van der Waals surface area contributed by atoms with Gasteiger partial charge in [-0.05, 0) is 36.5 Å². The molecule has 0 saturated heterocycles. The smallest absolute Gasteiger partial charge is 0.0493 e. The lowest BCUT2D eigenvalue weighted by molar-refractivity contribution is 0.441. The van der Waals surface area contributed by atoms with Crippen molar-refractivity contribution in [1.29, 1.82) is 0 Å². The standard InChI is InChI=1S/C24H25N/c1-3-20(17-18(2)19-11-5-4-6-12-19)25-23-15-9-7-13-21(23)22-14-8-10-16-24(22)25/h4-16,18,20H,3,17H2,1-2H3. The average Bonchev–Trinajstić information content (AvgIpc) is 3.01. The van der Waals surface area contributed by atoms with E-state index >= 15 is 0 Å². The second kappa shape index (κ2) is 6.76. The van der Waals surface area contributed by atoms with Crippen LogP contribution in [0, 0.1) is 0 Å². The first-order chi connectivity index (χ1) is 12.3. The molecule has 0 aliphatic heterocycles. The summed E-state index contributed by atoms with van der Waals surface area (Å²) < 4.78 is 2.57. The lowest BCUT2D eigenvalue weighted by Crippen LogP contribution is -2.11. The van der Waals surface area contributed by atoms with Gasteiger partial charge in [0, 0.05) is 27.8 Å². The highest BCUT2D eigenvalue weighted by Gasteiger charge is 2.19. The molecule has 1 nitrogen and oxygen atoms in total. The van der Waals surface area contributed by atoms with E-state index in [1.807, 2.05) is 0 Å². The molecule has 0 amide bonds. The zero-order chi connectivity index (χ0) is 17.2. The van der Waals surface area contributed by atoms with Crippen molar-refractivity contribution in [3.8, 4) is 0 Å². The molecule has 0 aliphatic carbocycles. The molecule has 0 bridgehead atoms. The first-order valence-corrected chi connectivity index (χ1v) is 9.32. The molecule has 2 atom stereocenters. The van der Waals surface area contributed by atoms with Crippen LogP contribution in [-0.4, -0.2) is 4.57 Å². The molecule has 0 N–H and O–H groups in total. The topological polar surface area (TPSA) is 4.93 Å². The average molecular weight is 327 g/mol. The fourth-order valence-corrected chi connectivity index (χ4v) is 4.13. The lowest BCUT2D eigenvalue weighted by Gasteiger charge is -2.24. The van der Waals surface area contributed by atoms with Gasteiger partial charge in [0.05, 0.1) is 0 Å². The summed E-state index contributed by atoms with van der Waals surface area (Å²) in [5, 5.41) is 2.73. The molecule has 25 heavy (non-hydrogen) atoms. The van der Waals surface area contributed by atoms with E-state index in [2.05, 4.69) is 97.3 Å². The van der Waals surface area contributed by atoms with Gasteiger partial charge in [0.25, 0.3) is 0 Å². The summed E-state index contributed by atoms with van der Waals surface area (Å²) in [6.07, 6.45) is 2.29. The third-order valence-corrected chi connectivity index (χ3v) is 5.45. The molecule has 4 rings (SSSR count). The van der Waals surface area contributed by atoms with Gasteiger partial charge in [0.1, 0.15) is 0 Å². The number of rotatable bonds is 5. The van der Waals surface area contributed by atoms with E-state index in [9.17, 15) is 0 Å². The van der Waals surface area contributed by atoms with Crippen LogP contribution in [0.4, 0.5) is 0 Å². The van der Waals surface area contributed by atoms with Gasteiger partial charge in [-0.2, -0.15) is 0 Å². The number of hydrogen-bond donors (Lipinski definition) is 0. The van der Waals surface area contributed by atoms with E-state index in [1.54, 1.807) is 0 Å². The molecule has 0 aliphatic rings. The molecule has 1 aromatic heterocycles. The fourth-order valence-electron chi connectivity index (χ4n) is 4.13. The Labute approximate surface area is 149 Å². The Hall–Kier alpha value is -2.54. The first-order valence-electron chi connectivity index (χ1n) is 9.32. The van der Waals surface area contributed by atoms with Crippen molar-refractivity contribution < 1.29 is 0 Å². The van der Waals surface area contributed by atoms with Gasteiger partial charge < -0.3 is 4.57 Å². The summed E-state index contributed by atoms with van der Waals surface area (Å²) in [4.78, 5) is 0. The van der Waals surface area contributed by atoms with Crippen LogP contribution in [0.5, 0.6) is 0 Å². The van der Waals surface area contributed by atoms with Crippen molar-refractivity contribution in [1.82, 2.24) is 4.57 Å². The van der Waals surface area contributed by atoms with E-state index in [1.165, 1.54) is 27.4 Å². The van der Waals surface area contributed by atoms with Gasteiger partial charge in [-0.15, -0.1) is 0 Å². The van der Waals surface area contributed by atoms with E-state index < -0.39 is 0 Å². The lowest BCUT2D eigenvalue weighted by atomic mass is 9.92. The van der Waals surface area contributed by atoms with Crippen molar-refractivity contribution in [3.63, 3.8) is 0 Å². The van der Waals surface area contributed by atoms with Crippen LogP contribution in [0.25, 0.3) is 21.8 Å².